The summed E-state index contributed by atoms with van der Waals surface area (Å²) in [5, 5.41) is 3.49. The van der Waals surface area contributed by atoms with Crippen molar-refractivity contribution in [3.8, 4) is 5.75 Å². The van der Waals surface area contributed by atoms with Crippen LogP contribution in [0.3, 0.4) is 0 Å². The third kappa shape index (κ3) is 5.55. The van der Waals surface area contributed by atoms with E-state index >= 15 is 0 Å². The molecule has 1 aromatic heterocycles. The van der Waals surface area contributed by atoms with Gasteiger partial charge >= 0.3 is 0 Å². The lowest BCUT2D eigenvalue weighted by Gasteiger charge is -2.38. The van der Waals surface area contributed by atoms with E-state index in [1.54, 1.807) is 23.8 Å². The number of guanidine groups is 1. The maximum Gasteiger partial charge on any atom is 0.250 e. The molecule has 172 valence electrons. The SMILES string of the molecule is CN=C(NCc1ccc(Cn2ccccc2=O)cc1)N1CCN(c2ccccc2OC)CC1. The van der Waals surface area contributed by atoms with Crippen LogP contribution in [0.4, 0.5) is 5.69 Å². The van der Waals surface area contributed by atoms with Crippen molar-refractivity contribution in [1.82, 2.24) is 14.8 Å². The number of nitrogens with one attached hydrogen (secondary N) is 1. The zero-order chi connectivity index (χ0) is 23.0. The molecule has 0 radical (unpaired) electrons. The van der Waals surface area contributed by atoms with Gasteiger partial charge in [-0.1, -0.05) is 42.5 Å². The second-order valence-electron chi connectivity index (χ2n) is 8.03. The second kappa shape index (κ2) is 10.7. The zero-order valence-corrected chi connectivity index (χ0v) is 19.3. The monoisotopic (exact) mass is 445 g/mol. The molecule has 7 nitrogen and oxygen atoms in total. The predicted molar refractivity (Wildman–Crippen MR) is 133 cm³/mol. The van der Waals surface area contributed by atoms with E-state index in [0.29, 0.717) is 13.1 Å². The average Bonchev–Trinajstić information content (AvgIpc) is 2.87. The van der Waals surface area contributed by atoms with Crippen LogP contribution in [-0.2, 0) is 13.1 Å². The van der Waals surface area contributed by atoms with E-state index in [4.69, 9.17) is 4.74 Å². The Morgan fingerprint density at radius 2 is 1.64 bits per heavy atom. The molecule has 1 aliphatic heterocycles. The van der Waals surface area contributed by atoms with Crippen molar-refractivity contribution >= 4 is 11.6 Å². The number of piperazine rings is 1. The van der Waals surface area contributed by atoms with Gasteiger partial charge in [-0.05, 0) is 29.3 Å². The highest BCUT2D eigenvalue weighted by molar-refractivity contribution is 5.80. The van der Waals surface area contributed by atoms with Crippen LogP contribution in [0.25, 0.3) is 0 Å². The van der Waals surface area contributed by atoms with E-state index < -0.39 is 0 Å². The van der Waals surface area contributed by atoms with Gasteiger partial charge in [0.25, 0.3) is 5.56 Å². The van der Waals surface area contributed by atoms with E-state index in [-0.39, 0.29) is 5.56 Å². The predicted octanol–water partition coefficient (Wildman–Crippen LogP) is 2.80. The summed E-state index contributed by atoms with van der Waals surface area (Å²) in [4.78, 5) is 21.1. The summed E-state index contributed by atoms with van der Waals surface area (Å²) in [5.41, 5.74) is 3.43. The molecule has 4 rings (SSSR count). The zero-order valence-electron chi connectivity index (χ0n) is 19.3. The van der Waals surface area contributed by atoms with Crippen molar-refractivity contribution in [3.05, 3.63) is 94.4 Å². The minimum atomic E-state index is 0.0119. The maximum absolute atomic E-state index is 11.9. The van der Waals surface area contributed by atoms with Crippen LogP contribution in [-0.4, -0.2) is 55.8 Å². The third-order valence-electron chi connectivity index (χ3n) is 5.94. The smallest absolute Gasteiger partial charge is 0.250 e. The third-order valence-corrected chi connectivity index (χ3v) is 5.94. The molecule has 0 saturated carbocycles. The van der Waals surface area contributed by atoms with Gasteiger partial charge in [0, 0.05) is 52.0 Å². The van der Waals surface area contributed by atoms with Gasteiger partial charge in [0.05, 0.1) is 19.3 Å². The van der Waals surface area contributed by atoms with E-state index in [0.717, 1.165) is 49.1 Å². The normalized spacial score (nSPS) is 14.3. The second-order valence-corrected chi connectivity index (χ2v) is 8.03. The maximum atomic E-state index is 11.9. The van der Waals surface area contributed by atoms with Crippen LogP contribution in [0, 0.1) is 0 Å². The van der Waals surface area contributed by atoms with Crippen molar-refractivity contribution in [2.45, 2.75) is 13.1 Å². The lowest BCUT2D eigenvalue weighted by Crippen LogP contribution is -2.52. The Bertz CT molecular complexity index is 1130. The molecule has 0 aliphatic carbocycles. The van der Waals surface area contributed by atoms with E-state index in [2.05, 4.69) is 50.4 Å². The fourth-order valence-corrected chi connectivity index (χ4v) is 4.11. The summed E-state index contributed by atoms with van der Waals surface area (Å²) in [5.74, 6) is 1.82. The van der Waals surface area contributed by atoms with E-state index in [9.17, 15) is 4.79 Å². The van der Waals surface area contributed by atoms with Gasteiger partial charge in [0.2, 0.25) is 0 Å². The van der Waals surface area contributed by atoms with Crippen molar-refractivity contribution in [1.29, 1.82) is 0 Å². The number of aromatic nitrogens is 1. The van der Waals surface area contributed by atoms with Crippen LogP contribution < -0.4 is 20.5 Å². The summed E-state index contributed by atoms with van der Waals surface area (Å²) in [7, 11) is 3.55. The number of hydrogen-bond donors (Lipinski definition) is 1. The summed E-state index contributed by atoms with van der Waals surface area (Å²) in [6.45, 7) is 4.88. The number of para-hydroxylation sites is 2. The lowest BCUT2D eigenvalue weighted by molar-refractivity contribution is 0.367. The fourth-order valence-electron chi connectivity index (χ4n) is 4.11. The molecular formula is C26H31N5O2. The Morgan fingerprint density at radius 3 is 2.33 bits per heavy atom. The molecule has 0 atom stereocenters. The number of hydrogen-bond acceptors (Lipinski definition) is 4. The highest BCUT2D eigenvalue weighted by atomic mass is 16.5. The van der Waals surface area contributed by atoms with Crippen LogP contribution in [0.5, 0.6) is 5.75 Å². The number of methoxy groups -OCH3 is 1. The van der Waals surface area contributed by atoms with Gasteiger partial charge in [-0.25, -0.2) is 0 Å². The Morgan fingerprint density at radius 1 is 0.939 bits per heavy atom. The van der Waals surface area contributed by atoms with Crippen molar-refractivity contribution in [2.24, 2.45) is 4.99 Å². The number of anilines is 1. The molecule has 1 saturated heterocycles. The van der Waals surface area contributed by atoms with E-state index in [1.807, 2.05) is 37.5 Å². The van der Waals surface area contributed by atoms with Crippen LogP contribution in [0.2, 0.25) is 0 Å². The largest absolute Gasteiger partial charge is 0.495 e. The quantitative estimate of drug-likeness (QED) is 0.467. The van der Waals surface area contributed by atoms with Crippen LogP contribution in [0.1, 0.15) is 11.1 Å². The summed E-state index contributed by atoms with van der Waals surface area (Å²) in [6, 6.07) is 21.7. The summed E-state index contributed by atoms with van der Waals surface area (Å²) >= 11 is 0. The van der Waals surface area contributed by atoms with Gasteiger partial charge in [0.1, 0.15) is 5.75 Å². The molecule has 33 heavy (non-hydrogen) atoms. The molecule has 3 aromatic rings. The Hall–Kier alpha value is -3.74. The van der Waals surface area contributed by atoms with Gasteiger partial charge in [-0.2, -0.15) is 0 Å². The minimum absolute atomic E-state index is 0.0119. The first kappa shape index (κ1) is 22.5. The highest BCUT2D eigenvalue weighted by Crippen LogP contribution is 2.28. The molecule has 0 amide bonds. The Balaban J connectivity index is 1.30. The Labute approximate surface area is 194 Å². The number of rotatable bonds is 6. The molecule has 0 spiro atoms. The lowest BCUT2D eigenvalue weighted by atomic mass is 10.1. The average molecular weight is 446 g/mol. The van der Waals surface area contributed by atoms with Crippen LogP contribution in [0.15, 0.2) is 82.7 Å². The minimum Gasteiger partial charge on any atom is -0.495 e. The molecule has 7 heteroatoms. The van der Waals surface area contributed by atoms with Crippen molar-refractivity contribution < 1.29 is 4.74 Å². The van der Waals surface area contributed by atoms with Gasteiger partial charge < -0.3 is 24.4 Å². The molecule has 2 aromatic carbocycles. The first-order chi connectivity index (χ1) is 16.2. The van der Waals surface area contributed by atoms with Crippen LogP contribution >= 0.6 is 0 Å². The summed E-state index contributed by atoms with van der Waals surface area (Å²) in [6.07, 6.45) is 1.81. The fraction of sp³-hybridized carbons (Fsp3) is 0.308. The molecule has 1 N–H and O–H groups in total. The number of pyridine rings is 1. The standard InChI is InChI=1S/C26H31N5O2/c1-27-26(30-17-15-29(16-18-30)23-7-3-4-8-24(23)33-2)28-19-21-10-12-22(13-11-21)20-31-14-6-5-9-25(31)32/h3-14H,15-20H2,1-2H3,(H,27,28). The number of benzene rings is 2. The van der Waals surface area contributed by atoms with Crippen molar-refractivity contribution in [3.63, 3.8) is 0 Å². The van der Waals surface area contributed by atoms with Gasteiger partial charge in [-0.15, -0.1) is 0 Å². The van der Waals surface area contributed by atoms with Gasteiger partial charge in [0.15, 0.2) is 5.96 Å². The number of nitrogens with zero attached hydrogens (tertiary/aromatic N) is 4. The molecule has 1 fully saturated rings. The highest BCUT2D eigenvalue weighted by Gasteiger charge is 2.21. The number of aliphatic imine (C=N–C) groups is 1. The summed E-state index contributed by atoms with van der Waals surface area (Å²) < 4.78 is 7.23. The first-order valence-corrected chi connectivity index (χ1v) is 11.2. The number of ether oxygens (including phenoxy) is 1. The van der Waals surface area contributed by atoms with Gasteiger partial charge in [-0.3, -0.25) is 9.79 Å². The topological polar surface area (TPSA) is 62.1 Å². The molecule has 2 heterocycles. The molecule has 0 bridgehead atoms. The van der Waals surface area contributed by atoms with E-state index in [1.165, 1.54) is 5.56 Å². The first-order valence-electron chi connectivity index (χ1n) is 11.2. The molecule has 1 aliphatic rings. The molecule has 0 unspecified atom stereocenters. The molecular weight excluding hydrogens is 414 g/mol. The Kier molecular flexibility index (Phi) is 7.29. The van der Waals surface area contributed by atoms with Crippen molar-refractivity contribution in [2.75, 3.05) is 45.2 Å².